The molecular weight excluding hydrogens is 388 g/mol. The standard InChI is InChI=1S/C18H15ClN4OS2/c1-9-5-4-6-11-12(9)13(19)15(25-11)17(24)22-18-21-10(2)14(26-18)16-20-7-8-23(16)3/h4-8H,1-3H3,(H,21,22,24). The van der Waals surface area contributed by atoms with Crippen molar-refractivity contribution in [3.63, 3.8) is 0 Å². The fourth-order valence-corrected chi connectivity index (χ4v) is 5.39. The first-order valence-electron chi connectivity index (χ1n) is 7.89. The van der Waals surface area contributed by atoms with Gasteiger partial charge in [-0.15, -0.1) is 11.3 Å². The first kappa shape index (κ1) is 17.2. The van der Waals surface area contributed by atoms with Crippen molar-refractivity contribution in [1.82, 2.24) is 14.5 Å². The first-order chi connectivity index (χ1) is 12.5. The number of hydrogen-bond donors (Lipinski definition) is 1. The molecular formula is C18H15ClN4OS2. The monoisotopic (exact) mass is 402 g/mol. The topological polar surface area (TPSA) is 59.8 Å². The van der Waals surface area contributed by atoms with E-state index in [1.54, 1.807) is 6.20 Å². The van der Waals surface area contributed by atoms with Crippen molar-refractivity contribution >= 4 is 55.4 Å². The predicted molar refractivity (Wildman–Crippen MR) is 109 cm³/mol. The molecule has 1 amide bonds. The van der Waals surface area contributed by atoms with Crippen molar-refractivity contribution < 1.29 is 4.79 Å². The number of carbonyl (C=O) groups excluding carboxylic acids is 1. The van der Waals surface area contributed by atoms with Crippen molar-refractivity contribution in [2.75, 3.05) is 5.32 Å². The second-order valence-electron chi connectivity index (χ2n) is 5.94. The minimum atomic E-state index is -0.240. The van der Waals surface area contributed by atoms with Crippen LogP contribution in [0.4, 0.5) is 5.13 Å². The molecule has 0 aliphatic rings. The number of hydrogen-bond acceptors (Lipinski definition) is 5. The fraction of sp³-hybridized carbons (Fsp3) is 0.167. The van der Waals surface area contributed by atoms with Gasteiger partial charge >= 0.3 is 0 Å². The van der Waals surface area contributed by atoms with Gasteiger partial charge in [0.15, 0.2) is 11.0 Å². The van der Waals surface area contributed by atoms with Gasteiger partial charge in [0, 0.05) is 29.5 Å². The Morgan fingerprint density at radius 2 is 2.08 bits per heavy atom. The normalized spacial score (nSPS) is 11.2. The second-order valence-corrected chi connectivity index (χ2v) is 8.37. The second kappa shape index (κ2) is 6.50. The minimum absolute atomic E-state index is 0.240. The molecule has 0 unspecified atom stereocenters. The summed E-state index contributed by atoms with van der Waals surface area (Å²) in [6, 6.07) is 5.93. The molecule has 1 aromatic carbocycles. The molecule has 0 aliphatic carbocycles. The Bertz CT molecular complexity index is 1140. The third kappa shape index (κ3) is 2.82. The van der Waals surface area contributed by atoms with Gasteiger partial charge < -0.3 is 4.57 Å². The summed E-state index contributed by atoms with van der Waals surface area (Å²) < 4.78 is 2.93. The number of aromatic nitrogens is 3. The SMILES string of the molecule is Cc1nc(NC(=O)c2sc3cccc(C)c3c2Cl)sc1-c1nccn1C. The van der Waals surface area contributed by atoms with E-state index in [2.05, 4.69) is 15.3 Å². The number of thiazole rings is 1. The highest BCUT2D eigenvalue weighted by atomic mass is 35.5. The molecule has 3 aromatic heterocycles. The van der Waals surface area contributed by atoms with Crippen LogP contribution in [0.15, 0.2) is 30.6 Å². The van der Waals surface area contributed by atoms with Crippen LogP contribution < -0.4 is 5.32 Å². The Morgan fingerprint density at radius 3 is 2.77 bits per heavy atom. The van der Waals surface area contributed by atoms with Crippen LogP contribution >= 0.6 is 34.3 Å². The van der Waals surface area contributed by atoms with Crippen LogP contribution in [0.2, 0.25) is 5.02 Å². The molecule has 26 heavy (non-hydrogen) atoms. The summed E-state index contributed by atoms with van der Waals surface area (Å²) in [5, 5.41) is 4.85. The van der Waals surface area contributed by atoms with E-state index in [9.17, 15) is 4.79 Å². The average molecular weight is 403 g/mol. The minimum Gasteiger partial charge on any atom is -0.333 e. The molecule has 8 heteroatoms. The van der Waals surface area contributed by atoms with Gasteiger partial charge in [0.1, 0.15) is 4.88 Å². The largest absolute Gasteiger partial charge is 0.333 e. The molecule has 132 valence electrons. The molecule has 0 bridgehead atoms. The number of carbonyl (C=O) groups is 1. The lowest BCUT2D eigenvalue weighted by atomic mass is 10.1. The summed E-state index contributed by atoms with van der Waals surface area (Å²) in [6.45, 7) is 3.90. The van der Waals surface area contributed by atoms with E-state index in [-0.39, 0.29) is 5.91 Å². The molecule has 0 radical (unpaired) electrons. The van der Waals surface area contributed by atoms with E-state index in [0.717, 1.165) is 32.0 Å². The molecule has 4 rings (SSSR count). The van der Waals surface area contributed by atoms with Crippen LogP contribution in [0.25, 0.3) is 20.8 Å². The lowest BCUT2D eigenvalue weighted by molar-refractivity contribution is 0.103. The zero-order valence-corrected chi connectivity index (χ0v) is 16.7. The van der Waals surface area contributed by atoms with Crippen LogP contribution in [0.1, 0.15) is 20.9 Å². The van der Waals surface area contributed by atoms with Crippen LogP contribution in [-0.2, 0) is 7.05 Å². The Balaban J connectivity index is 1.67. The molecule has 0 aliphatic heterocycles. The van der Waals surface area contributed by atoms with E-state index in [0.29, 0.717) is 15.0 Å². The number of thiophene rings is 1. The predicted octanol–water partition coefficient (Wildman–Crippen LogP) is 5.28. The molecule has 0 spiro atoms. The zero-order valence-electron chi connectivity index (χ0n) is 14.3. The summed E-state index contributed by atoms with van der Waals surface area (Å²) >= 11 is 9.28. The Labute approximate surface area is 163 Å². The molecule has 0 saturated carbocycles. The maximum atomic E-state index is 12.8. The number of amides is 1. The van der Waals surface area contributed by atoms with Crippen LogP contribution in [-0.4, -0.2) is 20.4 Å². The zero-order chi connectivity index (χ0) is 18.4. The van der Waals surface area contributed by atoms with Gasteiger partial charge in [-0.2, -0.15) is 0 Å². The number of anilines is 1. The number of aryl methyl sites for hydroxylation is 3. The number of fused-ring (bicyclic) bond motifs is 1. The van der Waals surface area contributed by atoms with Gasteiger partial charge in [-0.3, -0.25) is 10.1 Å². The molecule has 0 fully saturated rings. The molecule has 0 atom stereocenters. The smallest absolute Gasteiger partial charge is 0.269 e. The molecule has 3 heterocycles. The maximum Gasteiger partial charge on any atom is 0.269 e. The molecule has 4 aromatic rings. The molecule has 5 nitrogen and oxygen atoms in total. The summed E-state index contributed by atoms with van der Waals surface area (Å²) in [6.07, 6.45) is 3.62. The summed E-state index contributed by atoms with van der Waals surface area (Å²) in [5.41, 5.74) is 1.89. The fourth-order valence-electron chi connectivity index (χ4n) is 2.82. The molecule has 1 N–H and O–H groups in total. The third-order valence-corrected chi connectivity index (χ3v) is 6.83. The van der Waals surface area contributed by atoms with Gasteiger partial charge in [-0.1, -0.05) is 35.1 Å². The summed E-state index contributed by atoms with van der Waals surface area (Å²) in [5.74, 6) is 0.590. The van der Waals surface area contributed by atoms with E-state index in [4.69, 9.17) is 11.6 Å². The first-order valence-corrected chi connectivity index (χ1v) is 9.91. The number of halogens is 1. The summed E-state index contributed by atoms with van der Waals surface area (Å²) in [7, 11) is 1.93. The number of benzene rings is 1. The van der Waals surface area contributed by atoms with Crippen LogP contribution in [0, 0.1) is 13.8 Å². The Hall–Kier alpha value is -2.22. The van der Waals surface area contributed by atoms with E-state index in [1.807, 2.05) is 49.9 Å². The van der Waals surface area contributed by atoms with Crippen LogP contribution in [0.5, 0.6) is 0 Å². The highest BCUT2D eigenvalue weighted by Crippen LogP contribution is 2.38. The highest BCUT2D eigenvalue weighted by molar-refractivity contribution is 7.22. The van der Waals surface area contributed by atoms with E-state index in [1.165, 1.54) is 22.7 Å². The Morgan fingerprint density at radius 1 is 1.27 bits per heavy atom. The number of nitrogens with one attached hydrogen (secondary N) is 1. The lowest BCUT2D eigenvalue weighted by Crippen LogP contribution is -2.10. The van der Waals surface area contributed by atoms with Gasteiger partial charge in [0.2, 0.25) is 0 Å². The average Bonchev–Trinajstić information content (AvgIpc) is 3.26. The lowest BCUT2D eigenvalue weighted by Gasteiger charge is -2.00. The number of nitrogens with zero attached hydrogens (tertiary/aromatic N) is 3. The van der Waals surface area contributed by atoms with Crippen molar-refractivity contribution in [3.8, 4) is 10.7 Å². The van der Waals surface area contributed by atoms with Crippen molar-refractivity contribution in [2.45, 2.75) is 13.8 Å². The van der Waals surface area contributed by atoms with E-state index >= 15 is 0 Å². The van der Waals surface area contributed by atoms with E-state index < -0.39 is 0 Å². The highest BCUT2D eigenvalue weighted by Gasteiger charge is 2.20. The Kier molecular flexibility index (Phi) is 4.30. The van der Waals surface area contributed by atoms with Gasteiger partial charge in [-0.25, -0.2) is 9.97 Å². The summed E-state index contributed by atoms with van der Waals surface area (Å²) in [4.78, 5) is 23.0. The van der Waals surface area contributed by atoms with Gasteiger partial charge in [0.05, 0.1) is 15.6 Å². The van der Waals surface area contributed by atoms with Crippen molar-refractivity contribution in [2.24, 2.45) is 7.05 Å². The number of rotatable bonds is 3. The van der Waals surface area contributed by atoms with Crippen LogP contribution in [0.3, 0.4) is 0 Å². The van der Waals surface area contributed by atoms with Gasteiger partial charge in [0.25, 0.3) is 5.91 Å². The van der Waals surface area contributed by atoms with Crippen molar-refractivity contribution in [3.05, 3.63) is 51.7 Å². The quantitative estimate of drug-likeness (QED) is 0.507. The maximum absolute atomic E-state index is 12.8. The van der Waals surface area contributed by atoms with Crippen molar-refractivity contribution in [1.29, 1.82) is 0 Å². The molecule has 0 saturated heterocycles. The van der Waals surface area contributed by atoms with Gasteiger partial charge in [-0.05, 0) is 25.5 Å². The number of imidazole rings is 1. The third-order valence-electron chi connectivity index (χ3n) is 4.11.